The van der Waals surface area contributed by atoms with Crippen molar-refractivity contribution in [3.8, 4) is 16.9 Å². The lowest BCUT2D eigenvalue weighted by molar-refractivity contribution is 0.196. The van der Waals surface area contributed by atoms with E-state index in [9.17, 15) is 8.42 Å². The maximum atomic E-state index is 12.8. The first kappa shape index (κ1) is 17.9. The van der Waals surface area contributed by atoms with Crippen LogP contribution in [0, 0.1) is 0 Å². The Balaban J connectivity index is 1.77. The van der Waals surface area contributed by atoms with Crippen LogP contribution >= 0.6 is 0 Å². The summed E-state index contributed by atoms with van der Waals surface area (Å²) in [6.45, 7) is 5.75. The van der Waals surface area contributed by atoms with E-state index >= 15 is 0 Å². The molecule has 0 amide bonds. The summed E-state index contributed by atoms with van der Waals surface area (Å²) in [6, 6.07) is 14.8. The van der Waals surface area contributed by atoms with Crippen LogP contribution in [-0.4, -0.2) is 57.5 Å². The molecule has 6 heteroatoms. The molecule has 0 bridgehead atoms. The highest BCUT2D eigenvalue weighted by Gasteiger charge is 2.27. The van der Waals surface area contributed by atoms with Gasteiger partial charge in [0.2, 0.25) is 10.0 Å². The minimum atomic E-state index is -3.42. The predicted octanol–water partition coefficient (Wildman–Crippen LogP) is 2.69. The summed E-state index contributed by atoms with van der Waals surface area (Å²) in [7, 11) is -1.78. The highest BCUT2D eigenvalue weighted by Crippen LogP contribution is 2.25. The molecule has 3 rings (SSSR count). The largest absolute Gasteiger partial charge is 0.497 e. The lowest BCUT2D eigenvalue weighted by Gasteiger charge is -2.33. The molecule has 0 unspecified atom stereocenters. The van der Waals surface area contributed by atoms with Gasteiger partial charge in [-0.15, -0.1) is 0 Å². The van der Waals surface area contributed by atoms with Gasteiger partial charge in [0.05, 0.1) is 12.0 Å². The van der Waals surface area contributed by atoms with E-state index in [1.807, 2.05) is 36.4 Å². The average molecular weight is 360 g/mol. The molecule has 25 heavy (non-hydrogen) atoms. The Kier molecular flexibility index (Phi) is 5.42. The molecule has 1 saturated heterocycles. The standard InChI is InChI=1S/C19H24N2O3S/c1-3-20-12-14-21(15-13-20)25(22,23)19-10-6-17(7-11-19)16-4-8-18(24-2)9-5-16/h4-11H,3,12-15H2,1-2H3. The molecule has 0 radical (unpaired) electrons. The van der Waals surface area contributed by atoms with Crippen LogP contribution in [0.15, 0.2) is 53.4 Å². The molecule has 1 fully saturated rings. The van der Waals surface area contributed by atoms with Crippen molar-refractivity contribution < 1.29 is 13.2 Å². The molecule has 0 aliphatic carbocycles. The summed E-state index contributed by atoms with van der Waals surface area (Å²) in [5.74, 6) is 0.800. The highest BCUT2D eigenvalue weighted by atomic mass is 32.2. The second-order valence-corrected chi connectivity index (χ2v) is 8.03. The molecule has 1 aliphatic rings. The van der Waals surface area contributed by atoms with Crippen molar-refractivity contribution in [2.45, 2.75) is 11.8 Å². The van der Waals surface area contributed by atoms with Crippen molar-refractivity contribution in [3.05, 3.63) is 48.5 Å². The molecule has 2 aromatic rings. The van der Waals surface area contributed by atoms with Crippen molar-refractivity contribution in [2.24, 2.45) is 0 Å². The average Bonchev–Trinajstić information content (AvgIpc) is 2.68. The fourth-order valence-corrected chi connectivity index (χ4v) is 4.46. The molecule has 0 N–H and O–H groups in total. The van der Waals surface area contributed by atoms with Gasteiger partial charge in [-0.2, -0.15) is 4.31 Å². The first-order chi connectivity index (χ1) is 12.0. The van der Waals surface area contributed by atoms with Crippen LogP contribution in [0.25, 0.3) is 11.1 Å². The van der Waals surface area contributed by atoms with E-state index in [2.05, 4.69) is 11.8 Å². The van der Waals surface area contributed by atoms with Gasteiger partial charge in [-0.25, -0.2) is 8.42 Å². The normalized spacial score (nSPS) is 16.7. The predicted molar refractivity (Wildman–Crippen MR) is 99.3 cm³/mol. The summed E-state index contributed by atoms with van der Waals surface area (Å²) in [5, 5.41) is 0. The number of benzene rings is 2. The van der Waals surface area contributed by atoms with Gasteiger partial charge in [-0.05, 0) is 41.9 Å². The summed E-state index contributed by atoms with van der Waals surface area (Å²) < 4.78 is 32.4. The Labute approximate surface area is 149 Å². The van der Waals surface area contributed by atoms with Crippen molar-refractivity contribution in [1.29, 1.82) is 0 Å². The Morgan fingerprint density at radius 2 is 1.40 bits per heavy atom. The van der Waals surface area contributed by atoms with Gasteiger partial charge in [0.1, 0.15) is 5.75 Å². The topological polar surface area (TPSA) is 49.9 Å². The van der Waals surface area contributed by atoms with E-state index in [1.54, 1.807) is 23.5 Å². The molecular formula is C19H24N2O3S. The molecule has 2 aromatic carbocycles. The summed E-state index contributed by atoms with van der Waals surface area (Å²) in [5.41, 5.74) is 2.01. The summed E-state index contributed by atoms with van der Waals surface area (Å²) in [4.78, 5) is 2.62. The van der Waals surface area contributed by atoms with Crippen LogP contribution in [0.3, 0.4) is 0 Å². The zero-order chi connectivity index (χ0) is 17.9. The van der Waals surface area contributed by atoms with Gasteiger partial charge < -0.3 is 9.64 Å². The fraction of sp³-hybridized carbons (Fsp3) is 0.368. The minimum Gasteiger partial charge on any atom is -0.497 e. The van der Waals surface area contributed by atoms with E-state index in [-0.39, 0.29) is 0 Å². The molecule has 0 aromatic heterocycles. The van der Waals surface area contributed by atoms with E-state index in [0.29, 0.717) is 18.0 Å². The number of rotatable bonds is 5. The number of piperazine rings is 1. The van der Waals surface area contributed by atoms with Crippen molar-refractivity contribution in [2.75, 3.05) is 39.8 Å². The van der Waals surface area contributed by atoms with Crippen molar-refractivity contribution >= 4 is 10.0 Å². The third kappa shape index (κ3) is 3.86. The maximum absolute atomic E-state index is 12.8. The van der Waals surface area contributed by atoms with Crippen LogP contribution in [0.2, 0.25) is 0 Å². The van der Waals surface area contributed by atoms with Crippen LogP contribution in [0.5, 0.6) is 5.75 Å². The van der Waals surface area contributed by atoms with Gasteiger partial charge in [-0.3, -0.25) is 0 Å². The lowest BCUT2D eigenvalue weighted by Crippen LogP contribution is -2.48. The van der Waals surface area contributed by atoms with Gasteiger partial charge in [0.25, 0.3) is 0 Å². The number of likely N-dealkylation sites (N-methyl/N-ethyl adjacent to an activating group) is 1. The molecular weight excluding hydrogens is 336 g/mol. The maximum Gasteiger partial charge on any atom is 0.243 e. The minimum absolute atomic E-state index is 0.356. The van der Waals surface area contributed by atoms with Crippen LogP contribution in [0.1, 0.15) is 6.92 Å². The Morgan fingerprint density at radius 1 is 0.880 bits per heavy atom. The van der Waals surface area contributed by atoms with Crippen LogP contribution < -0.4 is 4.74 Å². The lowest BCUT2D eigenvalue weighted by atomic mass is 10.1. The zero-order valence-corrected chi connectivity index (χ0v) is 15.5. The first-order valence-corrected chi connectivity index (χ1v) is 9.95. The third-order valence-electron chi connectivity index (χ3n) is 4.69. The zero-order valence-electron chi connectivity index (χ0n) is 14.7. The fourth-order valence-electron chi connectivity index (χ4n) is 3.04. The van der Waals surface area contributed by atoms with E-state index < -0.39 is 10.0 Å². The summed E-state index contributed by atoms with van der Waals surface area (Å²) in [6.07, 6.45) is 0. The monoisotopic (exact) mass is 360 g/mol. The first-order valence-electron chi connectivity index (χ1n) is 8.51. The molecule has 5 nitrogen and oxygen atoms in total. The van der Waals surface area contributed by atoms with Gasteiger partial charge in [0.15, 0.2) is 0 Å². The number of sulfonamides is 1. The van der Waals surface area contributed by atoms with Crippen LogP contribution in [0.4, 0.5) is 0 Å². The van der Waals surface area contributed by atoms with Gasteiger partial charge >= 0.3 is 0 Å². The SMILES string of the molecule is CCN1CCN(S(=O)(=O)c2ccc(-c3ccc(OC)cc3)cc2)CC1. The quantitative estimate of drug-likeness (QED) is 0.823. The van der Waals surface area contributed by atoms with Crippen molar-refractivity contribution in [3.63, 3.8) is 0 Å². The Hall–Kier alpha value is -1.89. The van der Waals surface area contributed by atoms with E-state index in [0.717, 1.165) is 36.5 Å². The number of hydrogen-bond donors (Lipinski definition) is 0. The van der Waals surface area contributed by atoms with Gasteiger partial charge in [0, 0.05) is 26.2 Å². The van der Waals surface area contributed by atoms with E-state index in [1.165, 1.54) is 0 Å². The molecule has 0 saturated carbocycles. The molecule has 0 atom stereocenters. The van der Waals surface area contributed by atoms with E-state index in [4.69, 9.17) is 4.74 Å². The molecule has 134 valence electrons. The molecule has 0 spiro atoms. The van der Waals surface area contributed by atoms with Crippen LogP contribution in [-0.2, 0) is 10.0 Å². The number of methoxy groups -OCH3 is 1. The highest BCUT2D eigenvalue weighted by molar-refractivity contribution is 7.89. The van der Waals surface area contributed by atoms with Gasteiger partial charge in [-0.1, -0.05) is 31.2 Å². The second-order valence-electron chi connectivity index (χ2n) is 6.09. The third-order valence-corrected chi connectivity index (χ3v) is 6.61. The number of hydrogen-bond acceptors (Lipinski definition) is 4. The summed E-state index contributed by atoms with van der Waals surface area (Å²) >= 11 is 0. The van der Waals surface area contributed by atoms with Crippen molar-refractivity contribution in [1.82, 2.24) is 9.21 Å². The number of nitrogens with zero attached hydrogens (tertiary/aromatic N) is 2. The second kappa shape index (κ2) is 7.56. The Morgan fingerprint density at radius 3 is 1.88 bits per heavy atom. The molecule has 1 aliphatic heterocycles. The Bertz CT molecular complexity index is 794. The number of ether oxygens (including phenoxy) is 1. The smallest absolute Gasteiger partial charge is 0.243 e. The molecule has 1 heterocycles.